The molecule has 0 atom stereocenters. The van der Waals surface area contributed by atoms with Crippen molar-refractivity contribution in [3.63, 3.8) is 0 Å². The Kier molecular flexibility index (Phi) is 2.43. The number of benzene rings is 1. The number of hydrogen-bond acceptors (Lipinski definition) is 3. The van der Waals surface area contributed by atoms with E-state index in [-0.39, 0.29) is 16.4 Å². The molecule has 1 heterocycles. The first-order chi connectivity index (χ1) is 7.50. The van der Waals surface area contributed by atoms with Crippen LogP contribution in [0.4, 0.5) is 19.1 Å². The number of aromatic nitrogens is 3. The number of nitrogens with one attached hydrogen (secondary N) is 1. The van der Waals surface area contributed by atoms with E-state index >= 15 is 0 Å². The monoisotopic (exact) mass is 246 g/mol. The summed E-state index contributed by atoms with van der Waals surface area (Å²) in [6.07, 6.45) is 0. The smallest absolute Gasteiger partial charge is 0.225 e. The molecule has 2 aromatic rings. The van der Waals surface area contributed by atoms with Gasteiger partial charge in [0.2, 0.25) is 10.7 Å². The highest BCUT2D eigenvalue weighted by Gasteiger charge is 2.13. The molecule has 84 valence electrons. The van der Waals surface area contributed by atoms with Crippen molar-refractivity contribution in [3.8, 4) is 5.69 Å². The molecule has 0 aliphatic heterocycles. The maximum atomic E-state index is 13.0. The molecule has 0 aliphatic carbocycles. The first-order valence-electron chi connectivity index (χ1n) is 4.08. The molecule has 8 heteroatoms. The van der Waals surface area contributed by atoms with Crippen LogP contribution in [0.2, 0.25) is 0 Å². The van der Waals surface area contributed by atoms with E-state index < -0.39 is 17.5 Å². The Labute approximate surface area is 92.5 Å². The summed E-state index contributed by atoms with van der Waals surface area (Å²) in [5, 5.41) is 5.90. The SMILES string of the molecule is Nc1n[nH]c(=S)n1-c1cc(F)c(F)c(F)c1. The first kappa shape index (κ1) is 10.7. The van der Waals surface area contributed by atoms with Crippen LogP contribution in [0.15, 0.2) is 12.1 Å². The number of hydrogen-bond donors (Lipinski definition) is 2. The lowest BCUT2D eigenvalue weighted by Crippen LogP contribution is -2.03. The minimum absolute atomic E-state index is 0.0346. The summed E-state index contributed by atoms with van der Waals surface area (Å²) >= 11 is 4.80. The molecule has 0 aliphatic rings. The predicted octanol–water partition coefficient (Wildman–Crippen LogP) is 1.93. The van der Waals surface area contributed by atoms with Crippen molar-refractivity contribution < 1.29 is 13.2 Å². The molecule has 0 spiro atoms. The summed E-state index contributed by atoms with van der Waals surface area (Å²) in [4.78, 5) is 0. The lowest BCUT2D eigenvalue weighted by Gasteiger charge is -2.04. The summed E-state index contributed by atoms with van der Waals surface area (Å²) in [7, 11) is 0. The van der Waals surface area contributed by atoms with E-state index in [0.29, 0.717) is 0 Å². The maximum absolute atomic E-state index is 13.0. The molecule has 2 rings (SSSR count). The Bertz CT molecular complexity index is 581. The number of H-pyrrole nitrogens is 1. The zero-order valence-electron chi connectivity index (χ0n) is 7.67. The normalized spacial score (nSPS) is 10.7. The van der Waals surface area contributed by atoms with Crippen LogP contribution < -0.4 is 5.73 Å². The van der Waals surface area contributed by atoms with Gasteiger partial charge >= 0.3 is 0 Å². The van der Waals surface area contributed by atoms with Crippen LogP contribution >= 0.6 is 12.2 Å². The van der Waals surface area contributed by atoms with Crippen molar-refractivity contribution in [3.05, 3.63) is 34.4 Å². The Hall–Kier alpha value is -1.83. The van der Waals surface area contributed by atoms with Gasteiger partial charge in [0.05, 0.1) is 5.69 Å². The summed E-state index contributed by atoms with van der Waals surface area (Å²) in [5.74, 6) is -4.26. The number of aromatic amines is 1. The Morgan fingerprint density at radius 1 is 1.25 bits per heavy atom. The average molecular weight is 246 g/mol. The van der Waals surface area contributed by atoms with Gasteiger partial charge in [0, 0.05) is 12.1 Å². The number of nitrogens with two attached hydrogens (primary N) is 1. The number of halogens is 3. The molecule has 0 amide bonds. The molecule has 0 unspecified atom stereocenters. The minimum Gasteiger partial charge on any atom is -0.368 e. The molecule has 0 radical (unpaired) electrons. The van der Waals surface area contributed by atoms with Gasteiger partial charge in [-0.1, -0.05) is 0 Å². The van der Waals surface area contributed by atoms with Gasteiger partial charge in [-0.3, -0.25) is 4.57 Å². The highest BCUT2D eigenvalue weighted by Crippen LogP contribution is 2.18. The minimum atomic E-state index is -1.54. The molecule has 4 nitrogen and oxygen atoms in total. The van der Waals surface area contributed by atoms with Crippen molar-refractivity contribution in [2.75, 3.05) is 5.73 Å². The topological polar surface area (TPSA) is 59.6 Å². The van der Waals surface area contributed by atoms with E-state index in [1.165, 1.54) is 0 Å². The molecule has 0 bridgehead atoms. The lowest BCUT2D eigenvalue weighted by molar-refractivity contribution is 0.446. The van der Waals surface area contributed by atoms with E-state index in [0.717, 1.165) is 16.7 Å². The third-order valence-corrected chi connectivity index (χ3v) is 2.20. The average Bonchev–Trinajstić information content (AvgIpc) is 2.54. The van der Waals surface area contributed by atoms with Crippen LogP contribution in [-0.2, 0) is 0 Å². The van der Waals surface area contributed by atoms with E-state index in [4.69, 9.17) is 18.0 Å². The van der Waals surface area contributed by atoms with Crippen molar-refractivity contribution in [1.29, 1.82) is 0 Å². The van der Waals surface area contributed by atoms with E-state index in [2.05, 4.69) is 10.2 Å². The van der Waals surface area contributed by atoms with Gasteiger partial charge in [-0.25, -0.2) is 18.3 Å². The Morgan fingerprint density at radius 3 is 2.25 bits per heavy atom. The highest BCUT2D eigenvalue weighted by molar-refractivity contribution is 7.71. The largest absolute Gasteiger partial charge is 0.368 e. The van der Waals surface area contributed by atoms with Crippen molar-refractivity contribution in [1.82, 2.24) is 14.8 Å². The molecule has 0 saturated carbocycles. The molecule has 1 aromatic carbocycles. The van der Waals surface area contributed by atoms with E-state index in [9.17, 15) is 13.2 Å². The Balaban J connectivity index is 2.71. The second-order valence-electron chi connectivity index (χ2n) is 2.95. The summed E-state index contributed by atoms with van der Waals surface area (Å²) in [6.45, 7) is 0. The molecule has 16 heavy (non-hydrogen) atoms. The number of anilines is 1. The number of nitrogen functional groups attached to an aromatic ring is 1. The first-order valence-corrected chi connectivity index (χ1v) is 4.49. The third-order valence-electron chi connectivity index (χ3n) is 1.93. The zero-order chi connectivity index (χ0) is 11.9. The van der Waals surface area contributed by atoms with Crippen molar-refractivity contribution in [2.24, 2.45) is 0 Å². The van der Waals surface area contributed by atoms with Crippen LogP contribution in [0.25, 0.3) is 5.69 Å². The van der Waals surface area contributed by atoms with E-state index in [1.807, 2.05) is 0 Å². The van der Waals surface area contributed by atoms with Gasteiger partial charge in [0.25, 0.3) is 0 Å². The maximum Gasteiger partial charge on any atom is 0.225 e. The summed E-state index contributed by atoms with van der Waals surface area (Å²) in [6, 6.07) is 1.56. The van der Waals surface area contributed by atoms with Crippen LogP contribution in [0.1, 0.15) is 0 Å². The number of rotatable bonds is 1. The van der Waals surface area contributed by atoms with Gasteiger partial charge < -0.3 is 5.73 Å². The predicted molar refractivity (Wildman–Crippen MR) is 53.0 cm³/mol. The molecule has 3 N–H and O–H groups in total. The van der Waals surface area contributed by atoms with Gasteiger partial charge in [0.15, 0.2) is 17.5 Å². The van der Waals surface area contributed by atoms with Crippen molar-refractivity contribution in [2.45, 2.75) is 0 Å². The van der Waals surface area contributed by atoms with Crippen LogP contribution in [0, 0.1) is 22.2 Å². The quantitative estimate of drug-likeness (QED) is 0.597. The Morgan fingerprint density at radius 2 is 1.81 bits per heavy atom. The van der Waals surface area contributed by atoms with E-state index in [1.54, 1.807) is 0 Å². The summed E-state index contributed by atoms with van der Waals surface area (Å²) < 4.78 is 39.8. The van der Waals surface area contributed by atoms with Gasteiger partial charge in [-0.2, -0.15) is 0 Å². The fourth-order valence-corrected chi connectivity index (χ4v) is 1.47. The fourth-order valence-electron chi connectivity index (χ4n) is 1.23. The van der Waals surface area contributed by atoms with Gasteiger partial charge in [-0.05, 0) is 12.2 Å². The molecule has 0 saturated heterocycles. The second-order valence-corrected chi connectivity index (χ2v) is 3.33. The van der Waals surface area contributed by atoms with Crippen molar-refractivity contribution >= 4 is 18.2 Å². The zero-order valence-corrected chi connectivity index (χ0v) is 8.49. The molecule has 0 fully saturated rings. The second kappa shape index (κ2) is 3.63. The molecular weight excluding hydrogens is 241 g/mol. The fraction of sp³-hybridized carbons (Fsp3) is 0. The highest BCUT2D eigenvalue weighted by atomic mass is 32.1. The standard InChI is InChI=1S/C8H5F3N4S/c9-4-1-3(2-5(10)6(4)11)15-7(12)13-14-8(15)16/h1-2H,(H2,12,13)(H,14,16). The third kappa shape index (κ3) is 1.56. The van der Waals surface area contributed by atoms with Crippen LogP contribution in [0.5, 0.6) is 0 Å². The molecular formula is C8H5F3N4S. The molecule has 1 aromatic heterocycles. The number of nitrogens with zero attached hydrogens (tertiary/aromatic N) is 2. The summed E-state index contributed by atoms with van der Waals surface area (Å²) in [5.41, 5.74) is 5.39. The van der Waals surface area contributed by atoms with Gasteiger partial charge in [0.1, 0.15) is 0 Å². The lowest BCUT2D eigenvalue weighted by atomic mass is 10.3. The van der Waals surface area contributed by atoms with Crippen LogP contribution in [0.3, 0.4) is 0 Å². The van der Waals surface area contributed by atoms with Gasteiger partial charge in [-0.15, -0.1) is 5.10 Å². The van der Waals surface area contributed by atoms with Crippen LogP contribution in [-0.4, -0.2) is 14.8 Å².